The molecule has 4 rings (SSSR count). The van der Waals surface area contributed by atoms with Gasteiger partial charge in [0.15, 0.2) is 0 Å². The number of benzene rings is 2. The Morgan fingerprint density at radius 1 is 0.968 bits per heavy atom. The van der Waals surface area contributed by atoms with Crippen LogP contribution in [-0.2, 0) is 6.42 Å². The number of pyridine rings is 1. The predicted octanol–water partition coefficient (Wildman–Crippen LogP) is 6.50. The molecule has 31 heavy (non-hydrogen) atoms. The van der Waals surface area contributed by atoms with Gasteiger partial charge in [0.2, 0.25) is 0 Å². The zero-order chi connectivity index (χ0) is 20.8. The molecule has 0 fully saturated rings. The van der Waals surface area contributed by atoms with Gasteiger partial charge in [-0.05, 0) is 66.9 Å². The molecule has 0 saturated heterocycles. The highest BCUT2D eigenvalue weighted by atomic mass is 35.5. The van der Waals surface area contributed by atoms with Crippen molar-refractivity contribution in [1.82, 2.24) is 4.98 Å². The van der Waals surface area contributed by atoms with E-state index < -0.39 is 0 Å². The van der Waals surface area contributed by atoms with E-state index in [1.807, 2.05) is 68.8 Å². The smallest absolute Gasteiger partial charge is 0.138 e. The Morgan fingerprint density at radius 2 is 1.81 bits per heavy atom. The summed E-state index contributed by atoms with van der Waals surface area (Å²) in [5.74, 6) is 1.65. The minimum absolute atomic E-state index is 0. The summed E-state index contributed by atoms with van der Waals surface area (Å²) in [7, 11) is 4.08. The quantitative estimate of drug-likeness (QED) is 0.297. The first-order valence-electron chi connectivity index (χ1n) is 10.2. The van der Waals surface area contributed by atoms with Crippen LogP contribution in [0.25, 0.3) is 23.1 Å². The van der Waals surface area contributed by atoms with Crippen molar-refractivity contribution in [2.45, 2.75) is 12.8 Å². The van der Waals surface area contributed by atoms with E-state index in [0.717, 1.165) is 46.6 Å². The molecule has 0 unspecified atom stereocenters. The SMILES string of the molecule is CN(C)c1ccc(C=Cc2cc3ccc(OCCCc4ccccn4)cc3o2)cc1.Cl. The lowest BCUT2D eigenvalue weighted by Crippen LogP contribution is -2.07. The molecule has 0 N–H and O–H groups in total. The van der Waals surface area contributed by atoms with Crippen molar-refractivity contribution < 1.29 is 9.15 Å². The zero-order valence-corrected chi connectivity index (χ0v) is 18.6. The molecule has 0 amide bonds. The first kappa shape index (κ1) is 22.4. The van der Waals surface area contributed by atoms with Gasteiger partial charge < -0.3 is 14.1 Å². The Kier molecular flexibility index (Phi) is 7.74. The fraction of sp³-hybridized carbons (Fsp3) is 0.192. The molecule has 0 spiro atoms. The molecule has 0 aliphatic heterocycles. The van der Waals surface area contributed by atoms with Gasteiger partial charge in [0, 0.05) is 43.1 Å². The molecule has 0 aliphatic rings. The van der Waals surface area contributed by atoms with E-state index in [4.69, 9.17) is 9.15 Å². The number of furan rings is 1. The van der Waals surface area contributed by atoms with Crippen LogP contribution in [-0.4, -0.2) is 25.7 Å². The maximum Gasteiger partial charge on any atom is 0.138 e. The average molecular weight is 435 g/mol. The second-order valence-electron chi connectivity index (χ2n) is 7.44. The van der Waals surface area contributed by atoms with E-state index in [-0.39, 0.29) is 12.4 Å². The van der Waals surface area contributed by atoms with Crippen LogP contribution in [0.1, 0.15) is 23.4 Å². The van der Waals surface area contributed by atoms with E-state index in [2.05, 4.69) is 40.2 Å². The van der Waals surface area contributed by atoms with Crippen LogP contribution in [0.15, 0.2) is 77.3 Å². The number of aromatic nitrogens is 1. The van der Waals surface area contributed by atoms with Crippen molar-refractivity contribution in [3.63, 3.8) is 0 Å². The molecule has 0 radical (unpaired) electrons. The minimum atomic E-state index is 0. The number of anilines is 1. The van der Waals surface area contributed by atoms with Crippen LogP contribution in [0, 0.1) is 0 Å². The molecule has 2 aromatic heterocycles. The van der Waals surface area contributed by atoms with Gasteiger partial charge in [-0.1, -0.05) is 24.3 Å². The Balaban J connectivity index is 0.00000272. The third-order valence-corrected chi connectivity index (χ3v) is 4.93. The molecule has 5 heteroatoms. The average Bonchev–Trinajstić information content (AvgIpc) is 3.18. The molecular formula is C26H27ClN2O2. The second-order valence-corrected chi connectivity index (χ2v) is 7.44. The van der Waals surface area contributed by atoms with Crippen molar-refractivity contribution in [2.75, 3.05) is 25.6 Å². The normalized spacial score (nSPS) is 10.9. The van der Waals surface area contributed by atoms with E-state index in [9.17, 15) is 0 Å². The predicted molar refractivity (Wildman–Crippen MR) is 131 cm³/mol. The molecule has 160 valence electrons. The van der Waals surface area contributed by atoms with Gasteiger partial charge in [-0.3, -0.25) is 4.98 Å². The number of rotatable bonds is 8. The molecule has 0 saturated carbocycles. The van der Waals surface area contributed by atoms with Gasteiger partial charge in [-0.2, -0.15) is 0 Å². The van der Waals surface area contributed by atoms with Gasteiger partial charge in [0.25, 0.3) is 0 Å². The number of halogens is 1. The lowest BCUT2D eigenvalue weighted by Gasteiger charge is -2.11. The van der Waals surface area contributed by atoms with E-state index in [1.54, 1.807) is 0 Å². The molecule has 0 atom stereocenters. The number of fused-ring (bicyclic) bond motifs is 1. The first-order valence-corrected chi connectivity index (χ1v) is 10.2. The summed E-state index contributed by atoms with van der Waals surface area (Å²) < 4.78 is 11.9. The Labute approximate surface area is 189 Å². The summed E-state index contributed by atoms with van der Waals surface area (Å²) >= 11 is 0. The van der Waals surface area contributed by atoms with Crippen molar-refractivity contribution in [1.29, 1.82) is 0 Å². The summed E-state index contributed by atoms with van der Waals surface area (Å²) in [6.45, 7) is 0.651. The molecular weight excluding hydrogens is 408 g/mol. The third-order valence-electron chi connectivity index (χ3n) is 4.93. The zero-order valence-electron chi connectivity index (χ0n) is 17.8. The highest BCUT2D eigenvalue weighted by Gasteiger charge is 2.04. The van der Waals surface area contributed by atoms with Crippen molar-refractivity contribution in [3.8, 4) is 5.75 Å². The highest BCUT2D eigenvalue weighted by Crippen LogP contribution is 2.26. The maximum atomic E-state index is 5.98. The third kappa shape index (κ3) is 6.12. The van der Waals surface area contributed by atoms with Crippen LogP contribution in [0.4, 0.5) is 5.69 Å². The lowest BCUT2D eigenvalue weighted by molar-refractivity contribution is 0.310. The van der Waals surface area contributed by atoms with Crippen LogP contribution >= 0.6 is 12.4 Å². The summed E-state index contributed by atoms with van der Waals surface area (Å²) in [5.41, 5.74) is 4.25. The van der Waals surface area contributed by atoms with Gasteiger partial charge in [0.05, 0.1) is 6.61 Å². The standard InChI is InChI=1S/C26H26N2O2.ClH/c1-28(2)23-12-8-20(9-13-23)10-14-25-18-21-11-15-24(19-26(21)30-25)29-17-5-7-22-6-3-4-16-27-22;/h3-4,6,8-16,18-19H,5,7,17H2,1-2H3;1H. The van der Waals surface area contributed by atoms with Crippen LogP contribution in [0.3, 0.4) is 0 Å². The van der Waals surface area contributed by atoms with Gasteiger partial charge in [-0.25, -0.2) is 0 Å². The fourth-order valence-corrected chi connectivity index (χ4v) is 3.26. The van der Waals surface area contributed by atoms with E-state index in [1.165, 1.54) is 5.69 Å². The molecule has 0 bridgehead atoms. The molecule has 0 aliphatic carbocycles. The molecule has 4 nitrogen and oxygen atoms in total. The molecule has 4 aromatic rings. The molecule has 2 aromatic carbocycles. The van der Waals surface area contributed by atoms with Crippen LogP contribution in [0.5, 0.6) is 5.75 Å². The number of hydrogen-bond acceptors (Lipinski definition) is 4. The monoisotopic (exact) mass is 434 g/mol. The van der Waals surface area contributed by atoms with Crippen LogP contribution in [0.2, 0.25) is 0 Å². The minimum Gasteiger partial charge on any atom is -0.493 e. The summed E-state index contributed by atoms with van der Waals surface area (Å²) in [6, 6.07) is 22.4. The lowest BCUT2D eigenvalue weighted by atomic mass is 10.1. The number of nitrogens with zero attached hydrogens (tertiary/aromatic N) is 2. The number of hydrogen-bond donors (Lipinski definition) is 0. The summed E-state index contributed by atoms with van der Waals surface area (Å²) in [6.07, 6.45) is 7.72. The number of ether oxygens (including phenoxy) is 1. The summed E-state index contributed by atoms with van der Waals surface area (Å²) in [4.78, 5) is 6.43. The topological polar surface area (TPSA) is 38.5 Å². The Morgan fingerprint density at radius 3 is 2.55 bits per heavy atom. The van der Waals surface area contributed by atoms with E-state index >= 15 is 0 Å². The summed E-state index contributed by atoms with van der Waals surface area (Å²) in [5, 5.41) is 1.07. The van der Waals surface area contributed by atoms with Crippen LogP contribution < -0.4 is 9.64 Å². The van der Waals surface area contributed by atoms with Crippen molar-refractivity contribution in [2.24, 2.45) is 0 Å². The fourth-order valence-electron chi connectivity index (χ4n) is 3.26. The van der Waals surface area contributed by atoms with Gasteiger partial charge >= 0.3 is 0 Å². The first-order chi connectivity index (χ1) is 14.7. The second kappa shape index (κ2) is 10.7. The molecule has 2 heterocycles. The number of aryl methyl sites for hydroxylation is 1. The highest BCUT2D eigenvalue weighted by molar-refractivity contribution is 5.85. The Hall–Kier alpha value is -3.24. The van der Waals surface area contributed by atoms with Gasteiger partial charge in [-0.15, -0.1) is 12.4 Å². The van der Waals surface area contributed by atoms with Crippen molar-refractivity contribution >= 4 is 41.2 Å². The van der Waals surface area contributed by atoms with E-state index in [0.29, 0.717) is 6.61 Å². The maximum absolute atomic E-state index is 5.98. The van der Waals surface area contributed by atoms with Gasteiger partial charge in [0.1, 0.15) is 17.1 Å². The Bertz CT molecular complexity index is 1120. The van der Waals surface area contributed by atoms with Crippen molar-refractivity contribution in [3.05, 3.63) is 89.9 Å². The largest absolute Gasteiger partial charge is 0.493 e.